The number of sulfonamides is 1. The van der Waals surface area contributed by atoms with Gasteiger partial charge in [-0.1, -0.05) is 13.3 Å². The Morgan fingerprint density at radius 3 is 2.20 bits per heavy atom. The minimum atomic E-state index is -3.87. The maximum Gasteiger partial charge on any atom is 0.330 e. The third-order valence-electron chi connectivity index (χ3n) is 4.88. The van der Waals surface area contributed by atoms with Crippen molar-refractivity contribution in [3.63, 3.8) is 0 Å². The molecule has 2 fully saturated rings. The Balaban J connectivity index is 2.38. The average Bonchev–Trinajstić information content (AvgIpc) is 2.38. The minimum absolute atomic E-state index is 0.210. The molecule has 0 atom stereocenters. The normalized spacial score (nSPS) is 35.5. The zero-order valence-electron chi connectivity index (χ0n) is 12.0. The van der Waals surface area contributed by atoms with Gasteiger partial charge >= 0.3 is 5.97 Å². The molecule has 1 amide bonds. The molecule has 0 aromatic carbocycles. The van der Waals surface area contributed by atoms with Crippen LogP contribution in [-0.2, 0) is 19.6 Å². The maximum absolute atomic E-state index is 12.3. The van der Waals surface area contributed by atoms with Crippen LogP contribution in [0.4, 0.5) is 0 Å². The molecule has 1 heterocycles. The van der Waals surface area contributed by atoms with E-state index in [1.54, 1.807) is 0 Å². The van der Waals surface area contributed by atoms with Crippen molar-refractivity contribution in [2.45, 2.75) is 63.2 Å². The number of nitrogens with zero attached hydrogens (tertiary/aromatic N) is 1. The van der Waals surface area contributed by atoms with Crippen LogP contribution in [0, 0.1) is 5.92 Å². The minimum Gasteiger partial charge on any atom is -0.479 e. The van der Waals surface area contributed by atoms with Crippen molar-refractivity contribution in [2.75, 3.05) is 0 Å². The summed E-state index contributed by atoms with van der Waals surface area (Å²) in [5.41, 5.74) is -1.57. The highest BCUT2D eigenvalue weighted by Crippen LogP contribution is 2.47. The van der Waals surface area contributed by atoms with Gasteiger partial charge < -0.3 is 5.11 Å². The lowest BCUT2D eigenvalue weighted by atomic mass is 9.75. The van der Waals surface area contributed by atoms with E-state index in [2.05, 4.69) is 0 Å². The van der Waals surface area contributed by atoms with Gasteiger partial charge in [-0.3, -0.25) is 4.79 Å². The third-order valence-corrected chi connectivity index (χ3v) is 7.34. The molecule has 1 saturated carbocycles. The zero-order valence-corrected chi connectivity index (χ0v) is 12.9. The van der Waals surface area contributed by atoms with Crippen molar-refractivity contribution >= 4 is 21.9 Å². The van der Waals surface area contributed by atoms with Gasteiger partial charge in [-0.05, 0) is 45.4 Å². The first-order valence-corrected chi connectivity index (χ1v) is 8.38. The number of hydrogen-bond acceptors (Lipinski definition) is 4. The summed E-state index contributed by atoms with van der Waals surface area (Å²) in [6, 6.07) is 0. The fourth-order valence-electron chi connectivity index (χ4n) is 3.14. The first kappa shape index (κ1) is 15.3. The molecule has 1 N–H and O–H groups in total. The highest BCUT2D eigenvalue weighted by Gasteiger charge is 2.68. The summed E-state index contributed by atoms with van der Waals surface area (Å²) in [5.74, 6) is -1.40. The van der Waals surface area contributed by atoms with Crippen LogP contribution in [0.3, 0.4) is 0 Å². The highest BCUT2D eigenvalue weighted by atomic mass is 32.2. The third kappa shape index (κ3) is 1.71. The lowest BCUT2D eigenvalue weighted by molar-refractivity contribution is -0.159. The van der Waals surface area contributed by atoms with Crippen molar-refractivity contribution in [3.8, 4) is 0 Å². The molecule has 114 valence electrons. The van der Waals surface area contributed by atoms with Gasteiger partial charge in [0.2, 0.25) is 0 Å². The summed E-state index contributed by atoms with van der Waals surface area (Å²) in [5, 5.41) is 9.55. The number of carbonyl (C=O) groups excluding carboxylic acids is 1. The quantitative estimate of drug-likeness (QED) is 0.850. The van der Waals surface area contributed by atoms with Crippen molar-refractivity contribution in [1.82, 2.24) is 4.31 Å². The van der Waals surface area contributed by atoms with E-state index in [1.165, 1.54) is 13.8 Å². The molecule has 2 rings (SSSR count). The van der Waals surface area contributed by atoms with Crippen molar-refractivity contribution in [2.24, 2.45) is 5.92 Å². The molecule has 0 radical (unpaired) electrons. The largest absolute Gasteiger partial charge is 0.479 e. The molecule has 0 aromatic heterocycles. The van der Waals surface area contributed by atoms with Gasteiger partial charge in [0.15, 0.2) is 10.3 Å². The number of carboxylic acid groups (broad SMARTS) is 1. The maximum atomic E-state index is 12.3. The number of amides is 1. The van der Waals surface area contributed by atoms with E-state index in [1.807, 2.05) is 6.92 Å². The summed E-state index contributed by atoms with van der Waals surface area (Å²) in [6.07, 6.45) is 2.65. The predicted octanol–water partition coefficient (Wildman–Crippen LogP) is 1.36. The molecule has 7 heteroatoms. The van der Waals surface area contributed by atoms with E-state index in [4.69, 9.17) is 0 Å². The molecule has 1 aliphatic carbocycles. The van der Waals surface area contributed by atoms with E-state index in [-0.39, 0.29) is 12.8 Å². The number of carboxylic acids is 1. The number of hydrogen-bond donors (Lipinski definition) is 1. The molecular formula is C13H21NO5S. The predicted molar refractivity (Wildman–Crippen MR) is 72.5 cm³/mol. The summed E-state index contributed by atoms with van der Waals surface area (Å²) in [6.45, 7) is 4.69. The Kier molecular flexibility index (Phi) is 3.40. The van der Waals surface area contributed by atoms with E-state index < -0.39 is 32.2 Å². The summed E-state index contributed by atoms with van der Waals surface area (Å²) >= 11 is 0. The summed E-state index contributed by atoms with van der Waals surface area (Å²) < 4.78 is 23.7. The molecule has 20 heavy (non-hydrogen) atoms. The first-order chi connectivity index (χ1) is 9.11. The Bertz CT molecular complexity index is 543. The smallest absolute Gasteiger partial charge is 0.330 e. The van der Waals surface area contributed by atoms with Crippen LogP contribution >= 0.6 is 0 Å². The Labute approximate surface area is 119 Å². The topological polar surface area (TPSA) is 91.8 Å². The van der Waals surface area contributed by atoms with Crippen LogP contribution in [0.5, 0.6) is 0 Å². The monoisotopic (exact) mass is 303 g/mol. The molecule has 0 spiro atoms. The lowest BCUT2D eigenvalue weighted by Crippen LogP contribution is -2.76. The summed E-state index contributed by atoms with van der Waals surface area (Å²) in [7, 11) is -3.87. The molecule has 0 aromatic rings. The van der Waals surface area contributed by atoms with Crippen LogP contribution in [-0.4, -0.2) is 40.0 Å². The van der Waals surface area contributed by atoms with Gasteiger partial charge in [-0.15, -0.1) is 0 Å². The Hall–Kier alpha value is -1.11. The van der Waals surface area contributed by atoms with E-state index >= 15 is 0 Å². The SMILES string of the molecule is CCC1CCC(C(=O)O)(N2C(=O)C(C)(C)S2(=O)=O)CC1. The van der Waals surface area contributed by atoms with Gasteiger partial charge in [0.1, 0.15) is 0 Å². The number of carbonyl (C=O) groups is 2. The van der Waals surface area contributed by atoms with E-state index in [0.29, 0.717) is 23.1 Å². The van der Waals surface area contributed by atoms with Crippen LogP contribution in [0.2, 0.25) is 0 Å². The average molecular weight is 303 g/mol. The van der Waals surface area contributed by atoms with Gasteiger partial charge in [-0.2, -0.15) is 0 Å². The fourth-order valence-corrected chi connectivity index (χ4v) is 4.95. The fraction of sp³-hybridized carbons (Fsp3) is 0.846. The molecule has 0 bridgehead atoms. The van der Waals surface area contributed by atoms with Gasteiger partial charge in [0.25, 0.3) is 15.9 Å². The molecule has 1 saturated heterocycles. The van der Waals surface area contributed by atoms with Crippen LogP contribution in [0.25, 0.3) is 0 Å². The molecule has 0 unspecified atom stereocenters. The number of aliphatic carboxylic acids is 1. The summed E-state index contributed by atoms with van der Waals surface area (Å²) in [4.78, 5) is 23.8. The van der Waals surface area contributed by atoms with Gasteiger partial charge in [0, 0.05) is 0 Å². The van der Waals surface area contributed by atoms with Crippen LogP contribution < -0.4 is 0 Å². The molecule has 2 aliphatic rings. The second-order valence-electron chi connectivity index (χ2n) is 6.27. The molecule has 6 nitrogen and oxygen atoms in total. The first-order valence-electron chi connectivity index (χ1n) is 6.94. The Morgan fingerprint density at radius 1 is 1.35 bits per heavy atom. The lowest BCUT2D eigenvalue weighted by Gasteiger charge is -2.53. The molecular weight excluding hydrogens is 282 g/mol. The Morgan fingerprint density at radius 2 is 1.85 bits per heavy atom. The molecule has 1 aliphatic heterocycles. The second kappa shape index (κ2) is 4.44. The number of rotatable bonds is 3. The zero-order chi connectivity index (χ0) is 15.3. The van der Waals surface area contributed by atoms with Gasteiger partial charge in [0.05, 0.1) is 0 Å². The van der Waals surface area contributed by atoms with Crippen molar-refractivity contribution < 1.29 is 23.1 Å². The van der Waals surface area contributed by atoms with Gasteiger partial charge in [-0.25, -0.2) is 17.5 Å². The van der Waals surface area contributed by atoms with E-state index in [0.717, 1.165) is 6.42 Å². The van der Waals surface area contributed by atoms with E-state index in [9.17, 15) is 23.1 Å². The standard InChI is InChI=1S/C13H21NO5S/c1-4-9-5-7-13(8-6-9,11(16)17)14-10(15)12(2,3)20(14,18)19/h9H,4-8H2,1-3H3,(H,16,17). The van der Waals surface area contributed by atoms with Crippen LogP contribution in [0.15, 0.2) is 0 Å². The second-order valence-corrected chi connectivity index (χ2v) is 8.61. The van der Waals surface area contributed by atoms with Crippen LogP contribution in [0.1, 0.15) is 52.9 Å². The highest BCUT2D eigenvalue weighted by molar-refractivity contribution is 7.94. The van der Waals surface area contributed by atoms with Crippen molar-refractivity contribution in [3.05, 3.63) is 0 Å². The van der Waals surface area contributed by atoms with Crippen molar-refractivity contribution in [1.29, 1.82) is 0 Å².